The highest BCUT2D eigenvalue weighted by atomic mass is 16.5. The minimum Gasteiger partial charge on any atom is -0.364 e. The number of nitrogens with zero attached hydrogens (tertiary/aromatic N) is 4. The van der Waals surface area contributed by atoms with E-state index in [1.165, 1.54) is 0 Å². The predicted molar refractivity (Wildman–Crippen MR) is 111 cm³/mol. The van der Waals surface area contributed by atoms with Gasteiger partial charge in [-0.05, 0) is 24.6 Å². The van der Waals surface area contributed by atoms with Gasteiger partial charge in [-0.15, -0.1) is 0 Å². The number of hydrogen-bond donors (Lipinski definition) is 2. The average molecular weight is 386 g/mol. The van der Waals surface area contributed by atoms with Crippen LogP contribution in [0.1, 0.15) is 11.5 Å². The van der Waals surface area contributed by atoms with Gasteiger partial charge in [0.2, 0.25) is 0 Å². The molecule has 5 aromatic rings. The van der Waals surface area contributed by atoms with Gasteiger partial charge in [0.05, 0.1) is 23.6 Å². The zero-order valence-electron chi connectivity index (χ0n) is 15.9. The molecule has 0 unspecified atom stereocenters. The number of benzene rings is 1. The first-order valence-corrected chi connectivity index (χ1v) is 9.19. The van der Waals surface area contributed by atoms with Crippen molar-refractivity contribution in [3.63, 3.8) is 0 Å². The molecule has 2 N–H and O–H groups in total. The number of aromatic amines is 1. The molecule has 5 rings (SSSR count). The van der Waals surface area contributed by atoms with Crippen molar-refractivity contribution < 1.29 is 4.52 Å². The summed E-state index contributed by atoms with van der Waals surface area (Å²) in [6.07, 6.45) is 5.36. The lowest BCUT2D eigenvalue weighted by atomic mass is 10.0. The summed E-state index contributed by atoms with van der Waals surface area (Å²) in [7, 11) is 1.88. The third kappa shape index (κ3) is 3.04. The third-order valence-electron chi connectivity index (χ3n) is 4.87. The van der Waals surface area contributed by atoms with E-state index in [-0.39, 0.29) is 5.56 Å². The fourth-order valence-corrected chi connectivity index (χ4v) is 3.52. The van der Waals surface area contributed by atoms with Crippen molar-refractivity contribution in [2.75, 3.05) is 5.32 Å². The summed E-state index contributed by atoms with van der Waals surface area (Å²) in [5.41, 5.74) is 3.22. The van der Waals surface area contributed by atoms with E-state index in [0.717, 1.165) is 33.4 Å². The first-order valence-electron chi connectivity index (χ1n) is 9.19. The quantitative estimate of drug-likeness (QED) is 0.459. The summed E-state index contributed by atoms with van der Waals surface area (Å²) < 4.78 is 6.88. The first-order chi connectivity index (χ1) is 14.1. The Morgan fingerprint density at radius 1 is 1.17 bits per heavy atom. The van der Waals surface area contributed by atoms with Crippen molar-refractivity contribution in [2.45, 2.75) is 13.5 Å². The van der Waals surface area contributed by atoms with Crippen LogP contribution in [0.4, 0.5) is 5.82 Å². The van der Waals surface area contributed by atoms with Crippen LogP contribution in [0.3, 0.4) is 0 Å². The lowest BCUT2D eigenvalue weighted by Crippen LogP contribution is -2.08. The van der Waals surface area contributed by atoms with Gasteiger partial charge in [-0.1, -0.05) is 17.3 Å². The van der Waals surface area contributed by atoms with Crippen LogP contribution in [0.15, 0.2) is 58.2 Å². The molecule has 0 amide bonds. The number of aromatic nitrogens is 5. The summed E-state index contributed by atoms with van der Waals surface area (Å²) in [6, 6.07) is 9.68. The van der Waals surface area contributed by atoms with Crippen molar-refractivity contribution in [1.29, 1.82) is 0 Å². The second-order valence-corrected chi connectivity index (χ2v) is 6.97. The molecule has 8 nitrogen and oxygen atoms in total. The maximum Gasteiger partial charge on any atom is 0.258 e. The molecule has 0 fully saturated rings. The van der Waals surface area contributed by atoms with E-state index in [1.807, 2.05) is 44.4 Å². The van der Waals surface area contributed by atoms with E-state index < -0.39 is 0 Å². The van der Waals surface area contributed by atoms with E-state index in [4.69, 9.17) is 4.52 Å². The highest BCUT2D eigenvalue weighted by Gasteiger charge is 2.13. The molecule has 0 aliphatic heterocycles. The standard InChI is InChI=1S/C21H18N6O2/c1-12-7-15(26-29-12)10-23-20-16-4-3-13(14-9-24-27(2)11-14)8-17(16)19-18(25-20)5-6-22-21(19)28/h3-9,11H,10H2,1-2H3,(H,22,28)(H,23,25). The zero-order valence-corrected chi connectivity index (χ0v) is 15.9. The van der Waals surface area contributed by atoms with Gasteiger partial charge in [-0.2, -0.15) is 5.10 Å². The van der Waals surface area contributed by atoms with Crippen molar-refractivity contribution in [3.8, 4) is 11.1 Å². The molecular formula is C21H18N6O2. The topological polar surface area (TPSA) is 102 Å². The molecule has 0 radical (unpaired) electrons. The Morgan fingerprint density at radius 3 is 2.83 bits per heavy atom. The molecule has 0 saturated carbocycles. The molecular weight excluding hydrogens is 368 g/mol. The van der Waals surface area contributed by atoms with Crippen molar-refractivity contribution in [1.82, 2.24) is 24.9 Å². The van der Waals surface area contributed by atoms with Crippen LogP contribution in [0.5, 0.6) is 0 Å². The minimum absolute atomic E-state index is 0.165. The van der Waals surface area contributed by atoms with Crippen LogP contribution < -0.4 is 10.9 Å². The highest BCUT2D eigenvalue weighted by Crippen LogP contribution is 2.31. The monoisotopic (exact) mass is 386 g/mol. The molecule has 8 heteroatoms. The zero-order chi connectivity index (χ0) is 20.0. The largest absolute Gasteiger partial charge is 0.364 e. The van der Waals surface area contributed by atoms with E-state index >= 15 is 0 Å². The van der Waals surface area contributed by atoms with Gasteiger partial charge in [0.15, 0.2) is 0 Å². The summed E-state index contributed by atoms with van der Waals surface area (Å²) in [4.78, 5) is 20.0. The Balaban J connectivity index is 1.69. The summed E-state index contributed by atoms with van der Waals surface area (Å²) in [5, 5.41) is 13.8. The molecule has 0 spiro atoms. The summed E-state index contributed by atoms with van der Waals surface area (Å²) >= 11 is 0. The summed E-state index contributed by atoms with van der Waals surface area (Å²) in [5.74, 6) is 1.45. The molecule has 0 saturated heterocycles. The van der Waals surface area contributed by atoms with E-state index in [0.29, 0.717) is 23.3 Å². The summed E-state index contributed by atoms with van der Waals surface area (Å²) in [6.45, 7) is 2.32. The maximum atomic E-state index is 12.6. The molecule has 4 heterocycles. The Labute approximate surface area is 165 Å². The van der Waals surface area contributed by atoms with Crippen LogP contribution >= 0.6 is 0 Å². The van der Waals surface area contributed by atoms with Gasteiger partial charge >= 0.3 is 0 Å². The van der Waals surface area contributed by atoms with Crippen LogP contribution in [0.25, 0.3) is 32.8 Å². The Hall–Kier alpha value is -3.94. The maximum absolute atomic E-state index is 12.6. The van der Waals surface area contributed by atoms with E-state index in [1.54, 1.807) is 23.1 Å². The number of anilines is 1. The number of rotatable bonds is 4. The molecule has 4 aromatic heterocycles. The predicted octanol–water partition coefficient (Wildman–Crippen LogP) is 3.39. The minimum atomic E-state index is -0.165. The number of fused-ring (bicyclic) bond motifs is 3. The van der Waals surface area contributed by atoms with E-state index in [2.05, 4.69) is 25.5 Å². The van der Waals surface area contributed by atoms with Crippen molar-refractivity contribution in [3.05, 3.63) is 70.7 Å². The van der Waals surface area contributed by atoms with Crippen LogP contribution in [-0.2, 0) is 13.6 Å². The molecule has 1 aromatic carbocycles. The van der Waals surface area contributed by atoms with Gasteiger partial charge in [0.25, 0.3) is 5.56 Å². The van der Waals surface area contributed by atoms with Crippen LogP contribution in [0.2, 0.25) is 0 Å². The molecule has 0 aliphatic carbocycles. The van der Waals surface area contributed by atoms with Gasteiger partial charge in [0.1, 0.15) is 17.3 Å². The number of nitrogens with one attached hydrogen (secondary N) is 2. The van der Waals surface area contributed by atoms with Gasteiger partial charge in [-0.3, -0.25) is 9.48 Å². The number of hydrogen-bond acceptors (Lipinski definition) is 6. The fraction of sp³-hybridized carbons (Fsp3) is 0.143. The fourth-order valence-electron chi connectivity index (χ4n) is 3.52. The lowest BCUT2D eigenvalue weighted by molar-refractivity contribution is 0.391. The van der Waals surface area contributed by atoms with Crippen LogP contribution in [-0.4, -0.2) is 24.9 Å². The average Bonchev–Trinajstić information content (AvgIpc) is 3.33. The Kier molecular flexibility index (Phi) is 3.90. The number of aryl methyl sites for hydroxylation is 2. The highest BCUT2D eigenvalue weighted by molar-refractivity contribution is 6.10. The van der Waals surface area contributed by atoms with Crippen molar-refractivity contribution >= 4 is 27.5 Å². The third-order valence-corrected chi connectivity index (χ3v) is 4.87. The first kappa shape index (κ1) is 17.2. The van der Waals surface area contributed by atoms with Gasteiger partial charge < -0.3 is 14.8 Å². The van der Waals surface area contributed by atoms with Gasteiger partial charge in [0, 0.05) is 41.8 Å². The molecule has 0 atom stereocenters. The molecule has 0 aliphatic rings. The smallest absolute Gasteiger partial charge is 0.258 e. The van der Waals surface area contributed by atoms with Crippen molar-refractivity contribution in [2.24, 2.45) is 7.05 Å². The second kappa shape index (κ2) is 6.59. The molecule has 0 bridgehead atoms. The number of H-pyrrole nitrogens is 1. The molecule has 29 heavy (non-hydrogen) atoms. The lowest BCUT2D eigenvalue weighted by Gasteiger charge is -2.11. The number of pyridine rings is 2. The van der Waals surface area contributed by atoms with Crippen LogP contribution in [0, 0.1) is 6.92 Å². The SMILES string of the molecule is Cc1cc(CNc2nc3cc[nH]c(=O)c3c3cc(-c4cnn(C)c4)ccc23)no1. The second-order valence-electron chi connectivity index (χ2n) is 6.97. The van der Waals surface area contributed by atoms with Gasteiger partial charge in [-0.25, -0.2) is 4.98 Å². The van der Waals surface area contributed by atoms with E-state index in [9.17, 15) is 4.79 Å². The molecule has 144 valence electrons. The normalized spacial score (nSPS) is 11.4. The Bertz CT molecular complexity index is 1410. The Morgan fingerprint density at radius 2 is 2.07 bits per heavy atom.